The Kier molecular flexibility index (Phi) is 4.77. The van der Waals surface area contributed by atoms with Crippen LogP contribution in [-0.4, -0.2) is 42.0 Å². The van der Waals surface area contributed by atoms with Gasteiger partial charge in [0.1, 0.15) is 17.0 Å². The fraction of sp³-hybridized carbons (Fsp3) is 0.167. The fourth-order valence-electron chi connectivity index (χ4n) is 2.73. The predicted molar refractivity (Wildman–Crippen MR) is 107 cm³/mol. The number of halogens is 1. The molecule has 3 aromatic heterocycles. The van der Waals surface area contributed by atoms with Crippen molar-refractivity contribution < 1.29 is 9.53 Å². The number of aryl methyl sites for hydroxylation is 2. The monoisotopic (exact) mass is 413 g/mol. The molecular weight excluding hydrogens is 398 g/mol. The number of aromatic amines is 1. The van der Waals surface area contributed by atoms with Gasteiger partial charge in [0, 0.05) is 18.1 Å². The molecular formula is C18H16ClN7O3. The third kappa shape index (κ3) is 3.83. The van der Waals surface area contributed by atoms with E-state index in [-0.39, 0.29) is 18.1 Å². The van der Waals surface area contributed by atoms with Gasteiger partial charge in [-0.15, -0.1) is 0 Å². The first-order valence-electron chi connectivity index (χ1n) is 8.58. The van der Waals surface area contributed by atoms with Crippen molar-refractivity contribution in [3.05, 3.63) is 57.6 Å². The van der Waals surface area contributed by atoms with Gasteiger partial charge in [-0.05, 0) is 31.2 Å². The number of fused-ring (bicyclic) bond motifs is 1. The van der Waals surface area contributed by atoms with E-state index in [1.54, 1.807) is 44.3 Å². The minimum absolute atomic E-state index is 0.160. The Hall–Kier alpha value is -3.66. The van der Waals surface area contributed by atoms with Crippen LogP contribution in [0.25, 0.3) is 17.0 Å². The van der Waals surface area contributed by atoms with Crippen molar-refractivity contribution in [1.82, 2.24) is 29.5 Å². The van der Waals surface area contributed by atoms with E-state index < -0.39 is 5.91 Å². The first-order chi connectivity index (χ1) is 13.9. The van der Waals surface area contributed by atoms with E-state index >= 15 is 0 Å². The van der Waals surface area contributed by atoms with Crippen LogP contribution in [0.3, 0.4) is 0 Å². The maximum Gasteiger partial charge on any atom is 0.263 e. The smallest absolute Gasteiger partial charge is 0.263 e. The van der Waals surface area contributed by atoms with Crippen LogP contribution in [0.1, 0.15) is 5.69 Å². The highest BCUT2D eigenvalue weighted by molar-refractivity contribution is 6.30. The van der Waals surface area contributed by atoms with Gasteiger partial charge in [0.05, 0.1) is 11.9 Å². The molecule has 148 valence electrons. The van der Waals surface area contributed by atoms with E-state index in [1.807, 2.05) is 0 Å². The highest BCUT2D eigenvalue weighted by Gasteiger charge is 2.15. The van der Waals surface area contributed by atoms with Gasteiger partial charge < -0.3 is 10.1 Å². The average Bonchev–Trinajstić information content (AvgIpc) is 3.24. The summed E-state index contributed by atoms with van der Waals surface area (Å²) >= 11 is 5.83. The van der Waals surface area contributed by atoms with Gasteiger partial charge in [-0.3, -0.25) is 19.3 Å². The molecule has 0 saturated heterocycles. The van der Waals surface area contributed by atoms with Crippen molar-refractivity contribution in [2.24, 2.45) is 7.05 Å². The molecule has 1 amide bonds. The number of aromatic nitrogens is 6. The third-order valence-corrected chi connectivity index (χ3v) is 4.32. The third-order valence-electron chi connectivity index (χ3n) is 4.07. The SMILES string of the molecule is Cc1cc(NC(=O)COc2ccc(Cl)cc2)n(-c2nc3c(cnn3C)c(=O)[nH]2)n1. The van der Waals surface area contributed by atoms with Gasteiger partial charge in [-0.25, -0.2) is 0 Å². The first kappa shape index (κ1) is 18.7. The van der Waals surface area contributed by atoms with E-state index in [9.17, 15) is 9.59 Å². The zero-order valence-corrected chi connectivity index (χ0v) is 16.3. The number of benzene rings is 1. The van der Waals surface area contributed by atoms with Crippen LogP contribution < -0.4 is 15.6 Å². The summed E-state index contributed by atoms with van der Waals surface area (Å²) in [5.41, 5.74) is 0.682. The molecule has 0 atom stereocenters. The van der Waals surface area contributed by atoms with E-state index in [4.69, 9.17) is 16.3 Å². The van der Waals surface area contributed by atoms with Crippen LogP contribution in [0.4, 0.5) is 5.82 Å². The lowest BCUT2D eigenvalue weighted by atomic mass is 10.3. The first-order valence-corrected chi connectivity index (χ1v) is 8.96. The van der Waals surface area contributed by atoms with Gasteiger partial charge in [-0.2, -0.15) is 19.9 Å². The Labute approximate surface area is 169 Å². The van der Waals surface area contributed by atoms with Crippen molar-refractivity contribution >= 4 is 34.4 Å². The van der Waals surface area contributed by atoms with Crippen LogP contribution in [0.5, 0.6) is 5.75 Å². The molecule has 0 aliphatic rings. The summed E-state index contributed by atoms with van der Waals surface area (Å²) in [7, 11) is 1.68. The Balaban J connectivity index is 1.57. The lowest BCUT2D eigenvalue weighted by molar-refractivity contribution is -0.118. The van der Waals surface area contributed by atoms with Gasteiger partial charge in [0.15, 0.2) is 12.3 Å². The Bertz CT molecular complexity index is 1260. The average molecular weight is 414 g/mol. The summed E-state index contributed by atoms with van der Waals surface area (Å²) in [6.07, 6.45) is 1.44. The molecule has 11 heteroatoms. The quantitative estimate of drug-likeness (QED) is 0.515. The normalized spacial score (nSPS) is 11.0. The molecule has 10 nitrogen and oxygen atoms in total. The Morgan fingerprint density at radius 2 is 2.07 bits per heavy atom. The maximum atomic E-state index is 12.3. The van der Waals surface area contributed by atoms with Crippen LogP contribution in [0, 0.1) is 6.92 Å². The van der Waals surface area contributed by atoms with Crippen LogP contribution >= 0.6 is 11.6 Å². The minimum atomic E-state index is -0.398. The van der Waals surface area contributed by atoms with Crippen molar-refractivity contribution in [3.8, 4) is 11.7 Å². The summed E-state index contributed by atoms with van der Waals surface area (Å²) < 4.78 is 8.28. The maximum absolute atomic E-state index is 12.3. The molecule has 0 unspecified atom stereocenters. The molecule has 29 heavy (non-hydrogen) atoms. The molecule has 0 fully saturated rings. The van der Waals surface area contributed by atoms with Crippen LogP contribution in [0.2, 0.25) is 5.02 Å². The standard InChI is InChI=1S/C18H16ClN7O3/c1-10-7-14(21-15(27)9-29-12-5-3-11(19)4-6-12)26(24-10)18-22-16-13(17(28)23-18)8-20-25(16)2/h3-8H,9H2,1-2H3,(H,21,27)(H,22,23,28). The zero-order chi connectivity index (χ0) is 20.5. The van der Waals surface area contributed by atoms with E-state index in [2.05, 4.69) is 25.5 Å². The van der Waals surface area contributed by atoms with Gasteiger partial charge >= 0.3 is 0 Å². The second-order valence-corrected chi connectivity index (χ2v) is 6.70. The zero-order valence-electron chi connectivity index (χ0n) is 15.5. The lowest BCUT2D eigenvalue weighted by Crippen LogP contribution is -2.23. The molecule has 0 spiro atoms. The van der Waals surface area contributed by atoms with Crippen molar-refractivity contribution in [2.45, 2.75) is 6.92 Å². The number of hydrogen-bond acceptors (Lipinski definition) is 6. The molecule has 1 aromatic carbocycles. The number of ether oxygens (including phenoxy) is 1. The second kappa shape index (κ2) is 7.40. The van der Waals surface area contributed by atoms with Gasteiger partial charge in [-0.1, -0.05) is 11.6 Å². The summed E-state index contributed by atoms with van der Waals surface area (Å²) in [5, 5.41) is 12.0. The largest absolute Gasteiger partial charge is 0.484 e. The predicted octanol–water partition coefficient (Wildman–Crippen LogP) is 1.82. The number of rotatable bonds is 5. The molecule has 3 heterocycles. The number of nitrogens with zero attached hydrogens (tertiary/aromatic N) is 5. The molecule has 4 aromatic rings. The highest BCUT2D eigenvalue weighted by atomic mass is 35.5. The molecule has 0 aliphatic carbocycles. The number of hydrogen-bond donors (Lipinski definition) is 2. The molecule has 0 aliphatic heterocycles. The number of nitrogens with one attached hydrogen (secondary N) is 2. The Morgan fingerprint density at radius 3 is 2.83 bits per heavy atom. The minimum Gasteiger partial charge on any atom is -0.484 e. The van der Waals surface area contributed by atoms with Gasteiger partial charge in [0.2, 0.25) is 5.95 Å². The molecule has 0 saturated carbocycles. The highest BCUT2D eigenvalue weighted by Crippen LogP contribution is 2.17. The Morgan fingerprint density at radius 1 is 1.31 bits per heavy atom. The molecule has 4 rings (SSSR count). The van der Waals surface area contributed by atoms with E-state index in [0.717, 1.165) is 0 Å². The van der Waals surface area contributed by atoms with Crippen molar-refractivity contribution in [3.63, 3.8) is 0 Å². The van der Waals surface area contributed by atoms with Crippen molar-refractivity contribution in [1.29, 1.82) is 0 Å². The number of carbonyl (C=O) groups excluding carboxylic acids is 1. The summed E-state index contributed by atoms with van der Waals surface area (Å²) in [4.78, 5) is 31.7. The van der Waals surface area contributed by atoms with Crippen molar-refractivity contribution in [2.75, 3.05) is 11.9 Å². The van der Waals surface area contributed by atoms with E-state index in [0.29, 0.717) is 33.3 Å². The summed E-state index contributed by atoms with van der Waals surface area (Å²) in [6, 6.07) is 8.34. The number of H-pyrrole nitrogens is 1. The van der Waals surface area contributed by atoms with E-state index in [1.165, 1.54) is 15.6 Å². The molecule has 0 radical (unpaired) electrons. The fourth-order valence-corrected chi connectivity index (χ4v) is 2.86. The molecule has 0 bridgehead atoms. The summed E-state index contributed by atoms with van der Waals surface area (Å²) in [5.74, 6) is 0.622. The second-order valence-electron chi connectivity index (χ2n) is 6.27. The van der Waals surface area contributed by atoms with Crippen LogP contribution in [0.15, 0.2) is 41.3 Å². The molecule has 2 N–H and O–H groups in total. The van der Waals surface area contributed by atoms with Gasteiger partial charge in [0.25, 0.3) is 11.5 Å². The summed E-state index contributed by atoms with van der Waals surface area (Å²) in [6.45, 7) is 1.55. The number of anilines is 1. The van der Waals surface area contributed by atoms with Crippen LogP contribution in [-0.2, 0) is 11.8 Å². The number of amides is 1. The lowest BCUT2D eigenvalue weighted by Gasteiger charge is -2.09. The number of carbonyl (C=O) groups is 1. The topological polar surface area (TPSA) is 120 Å².